The maximum Gasteiger partial charge on any atom is 0.328 e. The third kappa shape index (κ3) is 2.18. The van der Waals surface area contributed by atoms with Crippen LogP contribution in [0.25, 0.3) is 5.65 Å². The van der Waals surface area contributed by atoms with E-state index in [0.29, 0.717) is 17.3 Å². The first-order valence-corrected chi connectivity index (χ1v) is 5.30. The number of ether oxygens (including phenoxy) is 1. The molecule has 0 aliphatic carbocycles. The molecule has 0 bridgehead atoms. The smallest absolute Gasteiger partial charge is 0.328 e. The van der Waals surface area contributed by atoms with Crippen molar-refractivity contribution in [3.05, 3.63) is 18.6 Å². The quantitative estimate of drug-likeness (QED) is 0.398. The van der Waals surface area contributed by atoms with E-state index in [-0.39, 0.29) is 5.97 Å². The van der Waals surface area contributed by atoms with Gasteiger partial charge in [-0.2, -0.15) is 0 Å². The summed E-state index contributed by atoms with van der Waals surface area (Å²) in [7, 11) is 1.33. The lowest BCUT2D eigenvalue weighted by Crippen LogP contribution is -2.28. The van der Waals surface area contributed by atoms with Crippen molar-refractivity contribution in [2.75, 3.05) is 17.9 Å². The van der Waals surface area contributed by atoms with Gasteiger partial charge in [0.15, 0.2) is 17.3 Å². The molecule has 0 saturated carbocycles. The number of carbonyl (C=O) groups is 1. The molecule has 2 aromatic heterocycles. The number of carbonyl (C=O) groups excluding carboxylic acids is 1. The van der Waals surface area contributed by atoms with Crippen LogP contribution >= 0.6 is 0 Å². The van der Waals surface area contributed by atoms with Crippen LogP contribution in [0.2, 0.25) is 0 Å². The number of imidazole rings is 1. The average molecular weight is 250 g/mol. The van der Waals surface area contributed by atoms with Crippen molar-refractivity contribution >= 4 is 23.3 Å². The number of hydrazine groups is 1. The Morgan fingerprint density at radius 2 is 2.39 bits per heavy atom. The summed E-state index contributed by atoms with van der Waals surface area (Å²) in [4.78, 5) is 19.7. The maximum atomic E-state index is 11.4. The number of methoxy groups -OCH3 is 1. The molecule has 1 atom stereocenters. The molecular formula is C10H14N6O2. The number of nitrogen functional groups attached to an aromatic ring is 1. The molecule has 0 saturated heterocycles. The van der Waals surface area contributed by atoms with E-state index in [4.69, 9.17) is 5.84 Å². The highest BCUT2D eigenvalue weighted by atomic mass is 16.5. The topological polar surface area (TPSA) is 107 Å². The minimum absolute atomic E-state index is 0.382. The Kier molecular flexibility index (Phi) is 3.28. The van der Waals surface area contributed by atoms with E-state index < -0.39 is 6.04 Å². The van der Waals surface area contributed by atoms with Gasteiger partial charge in [0, 0.05) is 12.4 Å². The standard InChI is InChI=1S/C10H14N6O2/c1-6(10(17)18-2)13-8-9-12-3-4-16(9)5-7(14-8)15-11/h3-6,15H,11H2,1-2H3,(H,13,14). The van der Waals surface area contributed by atoms with Gasteiger partial charge >= 0.3 is 5.97 Å². The van der Waals surface area contributed by atoms with Crippen LogP contribution in [0.3, 0.4) is 0 Å². The predicted molar refractivity (Wildman–Crippen MR) is 65.9 cm³/mol. The fraction of sp³-hybridized carbons (Fsp3) is 0.300. The molecular weight excluding hydrogens is 236 g/mol. The number of hydrogen-bond donors (Lipinski definition) is 3. The number of aromatic nitrogens is 3. The zero-order valence-electron chi connectivity index (χ0n) is 10.0. The van der Waals surface area contributed by atoms with E-state index in [0.717, 1.165) is 0 Å². The number of hydrogen-bond acceptors (Lipinski definition) is 7. The molecule has 0 aromatic carbocycles. The zero-order chi connectivity index (χ0) is 13.1. The zero-order valence-corrected chi connectivity index (χ0v) is 10.0. The molecule has 96 valence electrons. The normalized spacial score (nSPS) is 12.2. The highest BCUT2D eigenvalue weighted by Crippen LogP contribution is 2.16. The largest absolute Gasteiger partial charge is 0.467 e. The summed E-state index contributed by atoms with van der Waals surface area (Å²) < 4.78 is 6.38. The summed E-state index contributed by atoms with van der Waals surface area (Å²) in [6.45, 7) is 1.68. The van der Waals surface area contributed by atoms with Gasteiger partial charge in [0.1, 0.15) is 6.04 Å². The van der Waals surface area contributed by atoms with Gasteiger partial charge < -0.3 is 19.9 Å². The summed E-state index contributed by atoms with van der Waals surface area (Å²) >= 11 is 0. The molecule has 0 fully saturated rings. The minimum Gasteiger partial charge on any atom is -0.467 e. The minimum atomic E-state index is -0.531. The van der Waals surface area contributed by atoms with Crippen LogP contribution in [-0.4, -0.2) is 33.5 Å². The second-order valence-corrected chi connectivity index (χ2v) is 3.67. The first kappa shape index (κ1) is 12.1. The number of nitrogens with two attached hydrogens (primary N) is 1. The molecule has 0 aliphatic rings. The molecule has 8 heteroatoms. The number of esters is 1. The van der Waals surface area contributed by atoms with Crippen molar-refractivity contribution in [3.8, 4) is 0 Å². The lowest BCUT2D eigenvalue weighted by Gasteiger charge is -2.13. The van der Waals surface area contributed by atoms with Gasteiger partial charge in [0.2, 0.25) is 0 Å². The van der Waals surface area contributed by atoms with Crippen molar-refractivity contribution in [1.82, 2.24) is 14.4 Å². The molecule has 1 unspecified atom stereocenters. The Morgan fingerprint density at radius 3 is 3.06 bits per heavy atom. The Labute approximate surface area is 103 Å². The molecule has 4 N–H and O–H groups in total. The van der Waals surface area contributed by atoms with Gasteiger partial charge in [-0.1, -0.05) is 0 Å². The Hall–Kier alpha value is -2.35. The van der Waals surface area contributed by atoms with Crippen molar-refractivity contribution in [2.45, 2.75) is 13.0 Å². The number of anilines is 2. The molecule has 18 heavy (non-hydrogen) atoms. The molecule has 0 amide bonds. The SMILES string of the molecule is COC(=O)C(C)Nc1nc(NN)cn2ccnc12. The van der Waals surface area contributed by atoms with Gasteiger partial charge in [-0.05, 0) is 6.92 Å². The van der Waals surface area contributed by atoms with E-state index in [1.54, 1.807) is 29.9 Å². The van der Waals surface area contributed by atoms with Gasteiger partial charge in [-0.25, -0.2) is 20.6 Å². The van der Waals surface area contributed by atoms with E-state index >= 15 is 0 Å². The second-order valence-electron chi connectivity index (χ2n) is 3.67. The summed E-state index contributed by atoms with van der Waals surface area (Å²) in [5.74, 6) is 5.86. The molecule has 0 radical (unpaired) electrons. The van der Waals surface area contributed by atoms with Crippen molar-refractivity contribution in [2.24, 2.45) is 5.84 Å². The van der Waals surface area contributed by atoms with Crippen LogP contribution in [0.15, 0.2) is 18.6 Å². The van der Waals surface area contributed by atoms with E-state index in [2.05, 4.69) is 25.4 Å². The van der Waals surface area contributed by atoms with Crippen molar-refractivity contribution < 1.29 is 9.53 Å². The fourth-order valence-corrected chi connectivity index (χ4v) is 1.54. The van der Waals surface area contributed by atoms with Crippen LogP contribution in [0.4, 0.5) is 11.6 Å². The molecule has 0 aliphatic heterocycles. The highest BCUT2D eigenvalue weighted by Gasteiger charge is 2.16. The van der Waals surface area contributed by atoms with Crippen LogP contribution in [0.1, 0.15) is 6.92 Å². The summed E-state index contributed by atoms with van der Waals surface area (Å²) in [5.41, 5.74) is 3.05. The summed E-state index contributed by atoms with van der Waals surface area (Å²) in [6, 6.07) is -0.531. The van der Waals surface area contributed by atoms with Crippen LogP contribution < -0.4 is 16.6 Å². The monoisotopic (exact) mass is 250 g/mol. The first-order valence-electron chi connectivity index (χ1n) is 5.30. The Morgan fingerprint density at radius 1 is 1.61 bits per heavy atom. The highest BCUT2D eigenvalue weighted by molar-refractivity contribution is 5.80. The second kappa shape index (κ2) is 4.88. The van der Waals surface area contributed by atoms with Crippen LogP contribution in [0.5, 0.6) is 0 Å². The van der Waals surface area contributed by atoms with Gasteiger partial charge in [-0.15, -0.1) is 0 Å². The average Bonchev–Trinajstić information content (AvgIpc) is 2.85. The molecule has 8 nitrogen and oxygen atoms in total. The third-order valence-corrected chi connectivity index (χ3v) is 2.43. The lowest BCUT2D eigenvalue weighted by molar-refractivity contribution is -0.141. The first-order chi connectivity index (χ1) is 8.65. The molecule has 2 aromatic rings. The van der Waals surface area contributed by atoms with Crippen LogP contribution in [0, 0.1) is 0 Å². The summed E-state index contributed by atoms with van der Waals surface area (Å²) in [5, 5.41) is 2.93. The molecule has 2 rings (SSSR count). The van der Waals surface area contributed by atoms with Crippen molar-refractivity contribution in [1.29, 1.82) is 0 Å². The third-order valence-electron chi connectivity index (χ3n) is 2.43. The maximum absolute atomic E-state index is 11.4. The van der Waals surface area contributed by atoms with Gasteiger partial charge in [-0.3, -0.25) is 0 Å². The number of rotatable bonds is 4. The predicted octanol–water partition coefficient (Wildman–Crippen LogP) is -0.0117. The van der Waals surface area contributed by atoms with Crippen molar-refractivity contribution in [3.63, 3.8) is 0 Å². The van der Waals surface area contributed by atoms with E-state index in [1.165, 1.54) is 7.11 Å². The van der Waals surface area contributed by atoms with Gasteiger partial charge in [0.25, 0.3) is 0 Å². The molecule has 2 heterocycles. The van der Waals surface area contributed by atoms with Gasteiger partial charge in [0.05, 0.1) is 13.3 Å². The Bertz CT molecular complexity index is 566. The van der Waals surface area contributed by atoms with Crippen LogP contribution in [-0.2, 0) is 9.53 Å². The number of fused-ring (bicyclic) bond motifs is 1. The number of nitrogens with zero attached hydrogens (tertiary/aromatic N) is 3. The number of nitrogens with one attached hydrogen (secondary N) is 2. The lowest BCUT2D eigenvalue weighted by atomic mass is 10.3. The molecule has 0 spiro atoms. The summed E-state index contributed by atoms with van der Waals surface area (Å²) in [6.07, 6.45) is 5.08. The Balaban J connectivity index is 2.36. The van der Waals surface area contributed by atoms with E-state index in [1.807, 2.05) is 0 Å². The van der Waals surface area contributed by atoms with E-state index in [9.17, 15) is 4.79 Å². The fourth-order valence-electron chi connectivity index (χ4n) is 1.54.